The van der Waals surface area contributed by atoms with Crippen molar-refractivity contribution < 1.29 is 0 Å². The molecule has 0 spiro atoms. The summed E-state index contributed by atoms with van der Waals surface area (Å²) >= 11 is 0. The SMILES string of the molecule is CCn1cc2c(n1)CNCC2. The van der Waals surface area contributed by atoms with Crippen LogP contribution in [0.3, 0.4) is 0 Å². The fourth-order valence-corrected chi connectivity index (χ4v) is 1.45. The first kappa shape index (κ1) is 6.85. The Morgan fingerprint density at radius 1 is 1.73 bits per heavy atom. The van der Waals surface area contributed by atoms with Gasteiger partial charge in [-0.15, -0.1) is 0 Å². The molecule has 0 saturated carbocycles. The van der Waals surface area contributed by atoms with E-state index in [1.165, 1.54) is 11.3 Å². The maximum absolute atomic E-state index is 4.42. The fourth-order valence-electron chi connectivity index (χ4n) is 1.45. The monoisotopic (exact) mass is 151 g/mol. The number of nitrogens with zero attached hydrogens (tertiary/aromatic N) is 2. The molecule has 1 aromatic rings. The van der Waals surface area contributed by atoms with Crippen molar-refractivity contribution in [3.05, 3.63) is 17.5 Å². The lowest BCUT2D eigenvalue weighted by molar-refractivity contribution is 0.608. The van der Waals surface area contributed by atoms with E-state index in [1.807, 2.05) is 4.68 Å². The minimum absolute atomic E-state index is 0.947. The zero-order chi connectivity index (χ0) is 7.68. The van der Waals surface area contributed by atoms with Crippen molar-refractivity contribution in [3.8, 4) is 0 Å². The van der Waals surface area contributed by atoms with Gasteiger partial charge in [0.05, 0.1) is 5.69 Å². The molecule has 11 heavy (non-hydrogen) atoms. The summed E-state index contributed by atoms with van der Waals surface area (Å²) in [6, 6.07) is 0. The van der Waals surface area contributed by atoms with Crippen LogP contribution in [0.2, 0.25) is 0 Å². The van der Waals surface area contributed by atoms with Crippen molar-refractivity contribution >= 4 is 0 Å². The Bertz CT molecular complexity index is 228. The zero-order valence-corrected chi connectivity index (χ0v) is 6.80. The molecule has 1 N–H and O–H groups in total. The molecule has 0 unspecified atom stereocenters. The van der Waals surface area contributed by atoms with E-state index in [4.69, 9.17) is 0 Å². The molecule has 0 aromatic carbocycles. The fraction of sp³-hybridized carbons (Fsp3) is 0.625. The standard InChI is InChI=1S/C8H13N3/c1-2-11-6-7-3-4-9-5-8(7)10-11/h6,9H,2-5H2,1H3. The first-order chi connectivity index (χ1) is 5.40. The summed E-state index contributed by atoms with van der Waals surface area (Å²) < 4.78 is 2.01. The van der Waals surface area contributed by atoms with Gasteiger partial charge in [-0.2, -0.15) is 5.10 Å². The Morgan fingerprint density at radius 3 is 3.36 bits per heavy atom. The normalized spacial score (nSPS) is 16.5. The van der Waals surface area contributed by atoms with Crippen LogP contribution >= 0.6 is 0 Å². The number of aryl methyl sites for hydroxylation is 1. The van der Waals surface area contributed by atoms with Crippen molar-refractivity contribution in [2.24, 2.45) is 0 Å². The molecule has 2 rings (SSSR count). The second kappa shape index (κ2) is 2.66. The Balaban J connectivity index is 2.32. The third-order valence-corrected chi connectivity index (χ3v) is 2.11. The molecule has 0 bridgehead atoms. The van der Waals surface area contributed by atoms with Gasteiger partial charge in [-0.25, -0.2) is 0 Å². The van der Waals surface area contributed by atoms with E-state index in [-0.39, 0.29) is 0 Å². The lowest BCUT2D eigenvalue weighted by Crippen LogP contribution is -2.22. The molecule has 60 valence electrons. The summed E-state index contributed by atoms with van der Waals surface area (Å²) in [6.07, 6.45) is 3.30. The maximum atomic E-state index is 4.42. The van der Waals surface area contributed by atoms with Gasteiger partial charge in [0.25, 0.3) is 0 Å². The number of aromatic nitrogens is 2. The maximum Gasteiger partial charge on any atom is 0.0794 e. The number of nitrogens with one attached hydrogen (secondary N) is 1. The lowest BCUT2D eigenvalue weighted by atomic mass is 10.1. The topological polar surface area (TPSA) is 29.9 Å². The van der Waals surface area contributed by atoms with Crippen LogP contribution in [-0.4, -0.2) is 16.3 Å². The van der Waals surface area contributed by atoms with Gasteiger partial charge < -0.3 is 5.32 Å². The number of fused-ring (bicyclic) bond motifs is 1. The van der Waals surface area contributed by atoms with Crippen molar-refractivity contribution in [1.29, 1.82) is 0 Å². The van der Waals surface area contributed by atoms with Crippen LogP contribution in [0.4, 0.5) is 0 Å². The molecule has 3 nitrogen and oxygen atoms in total. The third kappa shape index (κ3) is 1.16. The highest BCUT2D eigenvalue weighted by molar-refractivity contribution is 5.19. The Morgan fingerprint density at radius 2 is 2.64 bits per heavy atom. The third-order valence-electron chi connectivity index (χ3n) is 2.11. The highest BCUT2D eigenvalue weighted by Gasteiger charge is 2.11. The molecule has 1 aliphatic heterocycles. The van der Waals surface area contributed by atoms with Crippen LogP contribution in [0.25, 0.3) is 0 Å². The van der Waals surface area contributed by atoms with Gasteiger partial charge in [0, 0.05) is 19.3 Å². The van der Waals surface area contributed by atoms with E-state index in [0.29, 0.717) is 0 Å². The summed E-state index contributed by atoms with van der Waals surface area (Å²) in [7, 11) is 0. The number of rotatable bonds is 1. The summed E-state index contributed by atoms with van der Waals surface area (Å²) in [5.74, 6) is 0. The van der Waals surface area contributed by atoms with Crippen LogP contribution < -0.4 is 5.32 Å². The smallest absolute Gasteiger partial charge is 0.0794 e. The second-order valence-electron chi connectivity index (χ2n) is 2.88. The molecule has 0 atom stereocenters. The van der Waals surface area contributed by atoms with Gasteiger partial charge in [-0.05, 0) is 25.5 Å². The van der Waals surface area contributed by atoms with Gasteiger partial charge in [-0.1, -0.05) is 0 Å². The largest absolute Gasteiger partial charge is 0.311 e. The average molecular weight is 151 g/mol. The predicted molar refractivity (Wildman–Crippen MR) is 43.3 cm³/mol. The highest BCUT2D eigenvalue weighted by Crippen LogP contribution is 2.10. The van der Waals surface area contributed by atoms with Gasteiger partial charge >= 0.3 is 0 Å². The summed E-state index contributed by atoms with van der Waals surface area (Å²) in [6.45, 7) is 5.14. The molecule has 0 fully saturated rings. The first-order valence-corrected chi connectivity index (χ1v) is 4.16. The van der Waals surface area contributed by atoms with Crippen molar-refractivity contribution in [3.63, 3.8) is 0 Å². The Labute approximate surface area is 66.4 Å². The van der Waals surface area contributed by atoms with E-state index in [0.717, 1.165) is 26.1 Å². The molecule has 0 saturated heterocycles. The molecular weight excluding hydrogens is 138 g/mol. The molecule has 0 radical (unpaired) electrons. The number of hydrogen-bond donors (Lipinski definition) is 1. The van der Waals surface area contributed by atoms with E-state index in [1.54, 1.807) is 0 Å². The van der Waals surface area contributed by atoms with E-state index < -0.39 is 0 Å². The molecule has 1 aromatic heterocycles. The van der Waals surface area contributed by atoms with Crippen LogP contribution in [0.1, 0.15) is 18.2 Å². The highest BCUT2D eigenvalue weighted by atomic mass is 15.3. The van der Waals surface area contributed by atoms with Crippen LogP contribution in [0.5, 0.6) is 0 Å². The minimum atomic E-state index is 0.947. The van der Waals surface area contributed by atoms with Crippen molar-refractivity contribution in [2.45, 2.75) is 26.4 Å². The van der Waals surface area contributed by atoms with Crippen molar-refractivity contribution in [2.75, 3.05) is 6.54 Å². The second-order valence-corrected chi connectivity index (χ2v) is 2.88. The van der Waals surface area contributed by atoms with Crippen LogP contribution in [0, 0.1) is 0 Å². The summed E-state index contributed by atoms with van der Waals surface area (Å²) in [4.78, 5) is 0. The van der Waals surface area contributed by atoms with Crippen molar-refractivity contribution in [1.82, 2.24) is 15.1 Å². The predicted octanol–water partition coefficient (Wildman–Crippen LogP) is 0.549. The zero-order valence-electron chi connectivity index (χ0n) is 6.80. The molecule has 0 aliphatic carbocycles. The molecule has 0 amide bonds. The summed E-state index contributed by atoms with van der Waals surface area (Å²) in [5.41, 5.74) is 2.66. The minimum Gasteiger partial charge on any atom is -0.311 e. The van der Waals surface area contributed by atoms with Gasteiger partial charge in [0.15, 0.2) is 0 Å². The van der Waals surface area contributed by atoms with Gasteiger partial charge in [0.2, 0.25) is 0 Å². The van der Waals surface area contributed by atoms with E-state index in [9.17, 15) is 0 Å². The molecule has 3 heteroatoms. The quantitative estimate of drug-likeness (QED) is 0.635. The first-order valence-electron chi connectivity index (χ1n) is 4.16. The van der Waals surface area contributed by atoms with Gasteiger partial charge in [0.1, 0.15) is 0 Å². The van der Waals surface area contributed by atoms with Gasteiger partial charge in [-0.3, -0.25) is 4.68 Å². The Kier molecular flexibility index (Phi) is 1.66. The average Bonchev–Trinajstić information content (AvgIpc) is 2.46. The van der Waals surface area contributed by atoms with E-state index >= 15 is 0 Å². The van der Waals surface area contributed by atoms with E-state index in [2.05, 4.69) is 23.5 Å². The lowest BCUT2D eigenvalue weighted by Gasteiger charge is -2.09. The number of hydrogen-bond acceptors (Lipinski definition) is 2. The molecular formula is C8H13N3. The van der Waals surface area contributed by atoms with Crippen LogP contribution in [-0.2, 0) is 19.5 Å². The summed E-state index contributed by atoms with van der Waals surface area (Å²) in [5, 5.41) is 7.73. The molecule has 2 heterocycles. The van der Waals surface area contributed by atoms with Crippen LogP contribution in [0.15, 0.2) is 6.20 Å². The molecule has 1 aliphatic rings. The Hall–Kier alpha value is -0.830.